The van der Waals surface area contributed by atoms with Crippen molar-refractivity contribution in [1.82, 2.24) is 25.4 Å². The highest BCUT2D eigenvalue weighted by Gasteiger charge is 2.22. The first-order valence-corrected chi connectivity index (χ1v) is 9.41. The first-order valence-electron chi connectivity index (χ1n) is 8.42. The quantitative estimate of drug-likeness (QED) is 0.813. The molecule has 0 bridgehead atoms. The molecule has 1 fully saturated rings. The van der Waals surface area contributed by atoms with E-state index in [1.165, 1.54) is 31.0 Å². The highest BCUT2D eigenvalue weighted by atomic mass is 32.2. The number of carbonyl (C=O) groups excluding carboxylic acids is 2. The molecule has 0 unspecified atom stereocenters. The maximum Gasteiger partial charge on any atom is 0.321 e. The summed E-state index contributed by atoms with van der Waals surface area (Å²) in [5.74, 6) is 0.690. The predicted octanol–water partition coefficient (Wildman–Crippen LogP) is 2.81. The summed E-state index contributed by atoms with van der Waals surface area (Å²) >= 11 is 1.33. The lowest BCUT2D eigenvalue weighted by Crippen LogP contribution is -2.48. The van der Waals surface area contributed by atoms with E-state index in [-0.39, 0.29) is 17.2 Å². The van der Waals surface area contributed by atoms with Crippen molar-refractivity contribution in [3.05, 3.63) is 5.82 Å². The third-order valence-electron chi connectivity index (χ3n) is 3.85. The number of aromatic nitrogens is 3. The van der Waals surface area contributed by atoms with Crippen molar-refractivity contribution in [1.29, 1.82) is 0 Å². The molecule has 134 valence electrons. The molecule has 0 atom stereocenters. The summed E-state index contributed by atoms with van der Waals surface area (Å²) in [5, 5.41) is 14.2. The van der Waals surface area contributed by atoms with Gasteiger partial charge in [-0.05, 0) is 40.5 Å². The summed E-state index contributed by atoms with van der Waals surface area (Å²) in [4.78, 5) is 23.7. The fraction of sp³-hybridized carbons (Fsp3) is 0.750. The second-order valence-corrected chi connectivity index (χ2v) is 8.18. The number of hydrogen-bond donors (Lipinski definition) is 2. The SMILES string of the molecule is Cc1nnc(SCC(=O)NC(=O)NC(C)(C)C)n1C1CCCCC1. The van der Waals surface area contributed by atoms with Crippen molar-refractivity contribution < 1.29 is 9.59 Å². The third-order valence-corrected chi connectivity index (χ3v) is 4.79. The summed E-state index contributed by atoms with van der Waals surface area (Å²) in [6.07, 6.45) is 5.99. The third kappa shape index (κ3) is 5.51. The number of amides is 3. The molecule has 0 spiro atoms. The van der Waals surface area contributed by atoms with Gasteiger partial charge in [-0.25, -0.2) is 4.79 Å². The highest BCUT2D eigenvalue weighted by Crippen LogP contribution is 2.32. The molecule has 1 aliphatic rings. The highest BCUT2D eigenvalue weighted by molar-refractivity contribution is 7.99. The van der Waals surface area contributed by atoms with Gasteiger partial charge in [0.05, 0.1) is 5.75 Å². The zero-order valence-corrected chi connectivity index (χ0v) is 15.7. The van der Waals surface area contributed by atoms with E-state index in [0.29, 0.717) is 6.04 Å². The van der Waals surface area contributed by atoms with Gasteiger partial charge in [0.25, 0.3) is 0 Å². The van der Waals surface area contributed by atoms with E-state index in [0.717, 1.165) is 23.8 Å². The van der Waals surface area contributed by atoms with Crippen LogP contribution in [0.25, 0.3) is 0 Å². The zero-order valence-electron chi connectivity index (χ0n) is 14.9. The van der Waals surface area contributed by atoms with E-state index in [2.05, 4.69) is 25.4 Å². The first-order chi connectivity index (χ1) is 11.3. The van der Waals surface area contributed by atoms with Crippen LogP contribution >= 0.6 is 11.8 Å². The Morgan fingerprint density at radius 3 is 2.50 bits per heavy atom. The fourth-order valence-corrected chi connectivity index (χ4v) is 3.72. The minimum absolute atomic E-state index is 0.141. The molecule has 1 aliphatic carbocycles. The minimum Gasteiger partial charge on any atom is -0.333 e. The van der Waals surface area contributed by atoms with Crippen molar-refractivity contribution in [3.63, 3.8) is 0 Å². The van der Waals surface area contributed by atoms with Crippen molar-refractivity contribution in [2.45, 2.75) is 76.5 Å². The molecule has 7 nitrogen and oxygen atoms in total. The second kappa shape index (κ2) is 8.00. The first kappa shape index (κ1) is 18.8. The molecule has 0 saturated heterocycles. The van der Waals surface area contributed by atoms with Gasteiger partial charge in [0, 0.05) is 11.6 Å². The minimum atomic E-state index is -0.474. The number of nitrogens with zero attached hydrogens (tertiary/aromatic N) is 3. The summed E-state index contributed by atoms with van der Waals surface area (Å²) < 4.78 is 2.15. The zero-order chi connectivity index (χ0) is 17.7. The smallest absolute Gasteiger partial charge is 0.321 e. The van der Waals surface area contributed by atoms with Crippen LogP contribution in [0.3, 0.4) is 0 Å². The Bertz CT molecular complexity index is 588. The van der Waals surface area contributed by atoms with Crippen LogP contribution in [-0.4, -0.2) is 38.0 Å². The molecule has 3 amide bonds. The Hall–Kier alpha value is -1.57. The standard InChI is InChI=1S/C16H27N5O2S/c1-11-19-20-15(21(11)12-8-6-5-7-9-12)24-10-13(22)17-14(23)18-16(2,3)4/h12H,5-10H2,1-4H3,(H2,17,18,22,23). The number of carbonyl (C=O) groups is 2. The number of hydrogen-bond acceptors (Lipinski definition) is 5. The van der Waals surface area contributed by atoms with Crippen LogP contribution in [0.4, 0.5) is 4.79 Å². The van der Waals surface area contributed by atoms with E-state index < -0.39 is 6.03 Å². The van der Waals surface area contributed by atoms with Gasteiger partial charge in [0.1, 0.15) is 5.82 Å². The molecule has 2 N–H and O–H groups in total. The average molecular weight is 353 g/mol. The Labute approximate surface area is 147 Å². The summed E-state index contributed by atoms with van der Waals surface area (Å²) in [6.45, 7) is 7.53. The summed E-state index contributed by atoms with van der Waals surface area (Å²) in [6, 6.07) is -0.0541. The summed E-state index contributed by atoms with van der Waals surface area (Å²) in [5.41, 5.74) is -0.379. The van der Waals surface area contributed by atoms with E-state index in [4.69, 9.17) is 0 Å². The molecule has 2 rings (SSSR count). The van der Waals surface area contributed by atoms with Gasteiger partial charge >= 0.3 is 6.03 Å². The van der Waals surface area contributed by atoms with Gasteiger partial charge in [0.15, 0.2) is 5.16 Å². The topological polar surface area (TPSA) is 88.9 Å². The molecular formula is C16H27N5O2S. The van der Waals surface area contributed by atoms with Gasteiger partial charge < -0.3 is 9.88 Å². The molecule has 1 heterocycles. The van der Waals surface area contributed by atoms with Crippen molar-refractivity contribution in [3.8, 4) is 0 Å². The Balaban J connectivity index is 1.90. The van der Waals surface area contributed by atoms with Gasteiger partial charge in [-0.2, -0.15) is 0 Å². The maximum atomic E-state index is 12.0. The van der Waals surface area contributed by atoms with Crippen molar-refractivity contribution >= 4 is 23.7 Å². The molecule has 1 aromatic heterocycles. The largest absolute Gasteiger partial charge is 0.333 e. The number of nitrogens with one attached hydrogen (secondary N) is 2. The lowest BCUT2D eigenvalue weighted by molar-refractivity contribution is -0.117. The van der Waals surface area contributed by atoms with Crippen LogP contribution in [0.1, 0.15) is 64.7 Å². The lowest BCUT2D eigenvalue weighted by atomic mass is 9.95. The number of thioether (sulfide) groups is 1. The Morgan fingerprint density at radius 1 is 1.21 bits per heavy atom. The van der Waals surface area contributed by atoms with Crippen LogP contribution in [0, 0.1) is 6.92 Å². The second-order valence-electron chi connectivity index (χ2n) is 7.23. The lowest BCUT2D eigenvalue weighted by Gasteiger charge is -2.25. The van der Waals surface area contributed by atoms with Crippen LogP contribution in [0.15, 0.2) is 5.16 Å². The van der Waals surface area contributed by atoms with Gasteiger partial charge in [-0.3, -0.25) is 10.1 Å². The van der Waals surface area contributed by atoms with Gasteiger partial charge in [-0.1, -0.05) is 31.0 Å². The molecule has 0 aliphatic heterocycles. The monoisotopic (exact) mass is 353 g/mol. The van der Waals surface area contributed by atoms with Crippen LogP contribution in [0.2, 0.25) is 0 Å². The van der Waals surface area contributed by atoms with Gasteiger partial charge in [-0.15, -0.1) is 10.2 Å². The molecular weight excluding hydrogens is 326 g/mol. The number of urea groups is 1. The molecule has 24 heavy (non-hydrogen) atoms. The molecule has 8 heteroatoms. The van der Waals surface area contributed by atoms with Crippen LogP contribution in [-0.2, 0) is 4.79 Å². The molecule has 1 saturated carbocycles. The molecule has 1 aromatic rings. The number of rotatable bonds is 4. The van der Waals surface area contributed by atoms with E-state index in [1.807, 2.05) is 27.7 Å². The summed E-state index contributed by atoms with van der Waals surface area (Å²) in [7, 11) is 0. The van der Waals surface area contributed by atoms with Crippen LogP contribution < -0.4 is 10.6 Å². The van der Waals surface area contributed by atoms with Crippen molar-refractivity contribution in [2.24, 2.45) is 0 Å². The van der Waals surface area contributed by atoms with E-state index in [1.54, 1.807) is 0 Å². The maximum absolute atomic E-state index is 12.0. The normalized spacial score (nSPS) is 16.0. The molecule has 0 radical (unpaired) electrons. The number of aryl methyl sites for hydroxylation is 1. The Kier molecular flexibility index (Phi) is 6.26. The number of imide groups is 1. The van der Waals surface area contributed by atoms with Crippen LogP contribution in [0.5, 0.6) is 0 Å². The fourth-order valence-electron chi connectivity index (χ4n) is 2.87. The van der Waals surface area contributed by atoms with Crippen molar-refractivity contribution in [2.75, 3.05) is 5.75 Å². The van der Waals surface area contributed by atoms with E-state index >= 15 is 0 Å². The average Bonchev–Trinajstić information content (AvgIpc) is 2.85. The predicted molar refractivity (Wildman–Crippen MR) is 94.0 cm³/mol. The Morgan fingerprint density at radius 2 is 1.88 bits per heavy atom. The molecule has 0 aromatic carbocycles. The van der Waals surface area contributed by atoms with E-state index in [9.17, 15) is 9.59 Å². The van der Waals surface area contributed by atoms with Gasteiger partial charge in [0.2, 0.25) is 5.91 Å².